The summed E-state index contributed by atoms with van der Waals surface area (Å²) in [6, 6.07) is 8.78. The average molecular weight is 374 g/mol. The molecule has 0 aromatic heterocycles. The van der Waals surface area contributed by atoms with E-state index in [1.165, 1.54) is 37.8 Å². The molecule has 3 rings (SSSR count). The van der Waals surface area contributed by atoms with Crippen molar-refractivity contribution in [3.8, 4) is 0 Å². The Labute approximate surface area is 164 Å². The Morgan fingerprint density at radius 2 is 2.07 bits per heavy atom. The maximum absolute atomic E-state index is 12.5. The highest BCUT2D eigenvalue weighted by atomic mass is 16.5. The second-order valence-corrected chi connectivity index (χ2v) is 7.79. The molecule has 5 heteroatoms. The van der Waals surface area contributed by atoms with Gasteiger partial charge in [-0.15, -0.1) is 0 Å². The maximum Gasteiger partial charge on any atom is 0.251 e. The van der Waals surface area contributed by atoms with Gasteiger partial charge in [0.1, 0.15) is 0 Å². The normalized spacial score (nSPS) is 21.9. The summed E-state index contributed by atoms with van der Waals surface area (Å²) in [7, 11) is 0. The Morgan fingerprint density at radius 3 is 2.89 bits per heavy atom. The minimum atomic E-state index is 0.0458. The van der Waals surface area contributed by atoms with E-state index in [9.17, 15) is 4.79 Å². The fourth-order valence-corrected chi connectivity index (χ4v) is 4.23. The Hall–Kier alpha value is -1.43. The first-order valence-corrected chi connectivity index (χ1v) is 10.7. The lowest BCUT2D eigenvalue weighted by Crippen LogP contribution is -2.40. The van der Waals surface area contributed by atoms with E-state index in [-0.39, 0.29) is 5.91 Å². The van der Waals surface area contributed by atoms with Crippen LogP contribution in [-0.2, 0) is 11.3 Å². The molecule has 2 aliphatic heterocycles. The minimum absolute atomic E-state index is 0.0458. The number of benzene rings is 1. The monoisotopic (exact) mass is 373 g/mol. The number of nitrogens with one attached hydrogen (secondary N) is 1. The van der Waals surface area contributed by atoms with Gasteiger partial charge < -0.3 is 15.0 Å². The number of ether oxygens (including phenoxy) is 1. The number of carbonyl (C=O) groups excluding carboxylic acids is 1. The fraction of sp³-hybridized carbons (Fsp3) is 0.682. The lowest BCUT2D eigenvalue weighted by Gasteiger charge is -2.35. The van der Waals surface area contributed by atoms with Crippen molar-refractivity contribution in [1.82, 2.24) is 15.1 Å². The third-order valence-corrected chi connectivity index (χ3v) is 5.83. The summed E-state index contributed by atoms with van der Waals surface area (Å²) in [5.41, 5.74) is 1.97. The second kappa shape index (κ2) is 10.8. The molecule has 1 unspecified atom stereocenters. The minimum Gasteiger partial charge on any atom is -0.379 e. The van der Waals surface area contributed by atoms with Crippen LogP contribution in [0.1, 0.15) is 54.9 Å². The number of morpholine rings is 1. The maximum atomic E-state index is 12.5. The van der Waals surface area contributed by atoms with Crippen LogP contribution in [0.4, 0.5) is 0 Å². The average Bonchev–Trinajstić information content (AvgIpc) is 2.72. The Bertz CT molecular complexity index is 587. The number of carbonyl (C=O) groups is 1. The molecule has 1 amide bonds. The van der Waals surface area contributed by atoms with Crippen molar-refractivity contribution in [2.45, 2.75) is 51.6 Å². The van der Waals surface area contributed by atoms with Gasteiger partial charge in [0, 0.05) is 44.3 Å². The van der Waals surface area contributed by atoms with Crippen molar-refractivity contribution < 1.29 is 9.53 Å². The largest absolute Gasteiger partial charge is 0.379 e. The summed E-state index contributed by atoms with van der Waals surface area (Å²) in [5, 5.41) is 3.10. The number of amides is 1. The molecule has 0 saturated carbocycles. The molecule has 2 aliphatic rings. The van der Waals surface area contributed by atoms with Crippen molar-refractivity contribution in [2.24, 2.45) is 0 Å². The molecule has 1 N–H and O–H groups in total. The van der Waals surface area contributed by atoms with Crippen LogP contribution in [0.5, 0.6) is 0 Å². The van der Waals surface area contributed by atoms with Crippen LogP contribution in [-0.4, -0.2) is 67.7 Å². The van der Waals surface area contributed by atoms with Gasteiger partial charge in [-0.2, -0.15) is 0 Å². The van der Waals surface area contributed by atoms with Crippen LogP contribution < -0.4 is 5.32 Å². The van der Waals surface area contributed by atoms with Crippen LogP contribution in [0.25, 0.3) is 0 Å². The molecule has 2 saturated heterocycles. The smallest absolute Gasteiger partial charge is 0.251 e. The van der Waals surface area contributed by atoms with Gasteiger partial charge in [-0.05, 0) is 49.9 Å². The van der Waals surface area contributed by atoms with Gasteiger partial charge in [0.05, 0.1) is 13.2 Å². The predicted octanol–water partition coefficient (Wildman–Crippen LogP) is 2.90. The van der Waals surface area contributed by atoms with Crippen LogP contribution in [0.15, 0.2) is 24.3 Å². The molecule has 5 nitrogen and oxygen atoms in total. The molecule has 1 atom stereocenters. The van der Waals surface area contributed by atoms with Crippen molar-refractivity contribution in [3.63, 3.8) is 0 Å². The van der Waals surface area contributed by atoms with E-state index in [1.807, 2.05) is 18.2 Å². The van der Waals surface area contributed by atoms with E-state index in [4.69, 9.17) is 4.74 Å². The summed E-state index contributed by atoms with van der Waals surface area (Å²) < 4.78 is 5.40. The predicted molar refractivity (Wildman–Crippen MR) is 109 cm³/mol. The van der Waals surface area contributed by atoms with Gasteiger partial charge in [0.25, 0.3) is 5.91 Å². The molecule has 150 valence electrons. The molecule has 0 aliphatic carbocycles. The highest BCUT2D eigenvalue weighted by Gasteiger charge is 2.20. The van der Waals surface area contributed by atoms with E-state index >= 15 is 0 Å². The van der Waals surface area contributed by atoms with Gasteiger partial charge in [0.2, 0.25) is 0 Å². The highest BCUT2D eigenvalue weighted by Crippen LogP contribution is 2.19. The molecule has 2 heterocycles. The summed E-state index contributed by atoms with van der Waals surface area (Å²) in [5.74, 6) is 0.0458. The van der Waals surface area contributed by atoms with E-state index in [0.717, 1.165) is 64.0 Å². The Kier molecular flexibility index (Phi) is 8.11. The Morgan fingerprint density at radius 1 is 1.22 bits per heavy atom. The zero-order valence-electron chi connectivity index (χ0n) is 16.8. The van der Waals surface area contributed by atoms with Crippen molar-refractivity contribution in [3.05, 3.63) is 35.4 Å². The van der Waals surface area contributed by atoms with E-state index in [2.05, 4.69) is 28.1 Å². The van der Waals surface area contributed by atoms with Crippen molar-refractivity contribution >= 4 is 5.91 Å². The molecule has 0 radical (unpaired) electrons. The van der Waals surface area contributed by atoms with Crippen molar-refractivity contribution in [2.75, 3.05) is 45.9 Å². The van der Waals surface area contributed by atoms with E-state index in [0.29, 0.717) is 0 Å². The van der Waals surface area contributed by atoms with Crippen molar-refractivity contribution in [1.29, 1.82) is 0 Å². The molecular formula is C22H35N3O2. The number of nitrogens with zero attached hydrogens (tertiary/aromatic N) is 2. The topological polar surface area (TPSA) is 44.8 Å². The summed E-state index contributed by atoms with van der Waals surface area (Å²) >= 11 is 0. The van der Waals surface area contributed by atoms with E-state index in [1.54, 1.807) is 0 Å². The first kappa shape index (κ1) is 20.3. The number of rotatable bonds is 8. The lowest BCUT2D eigenvalue weighted by molar-refractivity contribution is 0.0342. The lowest BCUT2D eigenvalue weighted by atomic mass is 10.00. The first-order chi connectivity index (χ1) is 13.3. The third kappa shape index (κ3) is 6.30. The number of piperidine rings is 1. The summed E-state index contributed by atoms with van der Waals surface area (Å²) in [4.78, 5) is 17.5. The molecule has 1 aromatic carbocycles. The zero-order valence-corrected chi connectivity index (χ0v) is 16.8. The zero-order chi connectivity index (χ0) is 18.9. The van der Waals surface area contributed by atoms with Gasteiger partial charge in [-0.3, -0.25) is 9.69 Å². The quantitative estimate of drug-likeness (QED) is 0.712. The van der Waals surface area contributed by atoms with Crippen LogP contribution in [0.3, 0.4) is 0 Å². The Balaban J connectivity index is 1.41. The SMILES string of the molecule is CCC1CCCCN1CCCNC(=O)c1cccc(CN2CCOCC2)c1. The number of hydrogen-bond acceptors (Lipinski definition) is 4. The number of hydrogen-bond donors (Lipinski definition) is 1. The fourth-order valence-electron chi connectivity index (χ4n) is 4.23. The van der Waals surface area contributed by atoms with Crippen LogP contribution in [0, 0.1) is 0 Å². The molecule has 27 heavy (non-hydrogen) atoms. The van der Waals surface area contributed by atoms with Crippen LogP contribution >= 0.6 is 0 Å². The van der Waals surface area contributed by atoms with E-state index < -0.39 is 0 Å². The third-order valence-electron chi connectivity index (χ3n) is 5.83. The summed E-state index contributed by atoms with van der Waals surface area (Å²) in [6.07, 6.45) is 6.28. The standard InChI is InChI=1S/C22H35N3O2/c1-2-21-9-3-4-11-25(21)12-6-10-23-22(26)20-8-5-7-19(17-20)18-24-13-15-27-16-14-24/h5,7-8,17,21H,2-4,6,9-16,18H2,1H3,(H,23,26). The van der Waals surface area contributed by atoms with Gasteiger partial charge in [0.15, 0.2) is 0 Å². The molecule has 0 spiro atoms. The molecule has 0 bridgehead atoms. The molecule has 1 aromatic rings. The highest BCUT2D eigenvalue weighted by molar-refractivity contribution is 5.94. The molecule has 2 fully saturated rings. The van der Waals surface area contributed by atoms with Crippen LogP contribution in [0.2, 0.25) is 0 Å². The second-order valence-electron chi connectivity index (χ2n) is 7.79. The van der Waals surface area contributed by atoms with Gasteiger partial charge in [-0.25, -0.2) is 0 Å². The van der Waals surface area contributed by atoms with Gasteiger partial charge in [-0.1, -0.05) is 25.5 Å². The first-order valence-electron chi connectivity index (χ1n) is 10.7. The molecular weight excluding hydrogens is 338 g/mol. The summed E-state index contributed by atoms with van der Waals surface area (Å²) in [6.45, 7) is 9.77. The number of likely N-dealkylation sites (tertiary alicyclic amines) is 1. The van der Waals surface area contributed by atoms with Gasteiger partial charge >= 0.3 is 0 Å².